The lowest BCUT2D eigenvalue weighted by Crippen LogP contribution is -2.22. The lowest BCUT2D eigenvalue weighted by atomic mass is 10.3. The maximum Gasteiger partial charge on any atom is 0.231 e. The summed E-state index contributed by atoms with van der Waals surface area (Å²) in [6.45, 7) is 1.41. The Labute approximate surface area is 373 Å². The van der Waals surface area contributed by atoms with Gasteiger partial charge in [-0.1, -0.05) is 24.3 Å². The fraction of sp³-hybridized carbons (Fsp3) is 0.217. The molecule has 10 rings (SSSR count). The molecule has 0 aliphatic heterocycles. The smallest absolute Gasteiger partial charge is 0.231 e. The van der Waals surface area contributed by atoms with Gasteiger partial charge in [0.25, 0.3) is 0 Å². The molecule has 0 unspecified atom stereocenters. The van der Waals surface area contributed by atoms with Gasteiger partial charge in [-0.05, 0) is 48.5 Å². The molecule has 0 aliphatic carbocycles. The van der Waals surface area contributed by atoms with Crippen LogP contribution in [0.1, 0.15) is 47.2 Å². The van der Waals surface area contributed by atoms with Gasteiger partial charge in [-0.2, -0.15) is 0 Å². The summed E-state index contributed by atoms with van der Waals surface area (Å²) in [5, 5.41) is 12.1. The van der Waals surface area contributed by atoms with Crippen LogP contribution in [0.2, 0.25) is 0 Å². The number of fused-ring (bicyclic) bond motifs is 4. The van der Waals surface area contributed by atoms with Crippen LogP contribution in [-0.2, 0) is 25.9 Å². The number of rotatable bonds is 18. The molecule has 20 heteroatoms. The number of pyridine rings is 4. The number of hydrogen-bond acceptors (Lipinski definition) is 14. The minimum absolute atomic E-state index is 0.0405. The molecule has 0 aliphatic rings. The second-order valence-corrected chi connectivity index (χ2v) is 14.9. The quantitative estimate of drug-likeness (QED) is 0.0355. The number of imidazole rings is 2. The predicted molar refractivity (Wildman–Crippen MR) is 240 cm³/mol. The van der Waals surface area contributed by atoms with Crippen molar-refractivity contribution in [2.24, 2.45) is 0 Å². The second kappa shape index (κ2) is 20.3. The highest BCUT2D eigenvalue weighted by Gasteiger charge is 2.21. The Kier molecular flexibility index (Phi) is 13.4. The van der Waals surface area contributed by atoms with E-state index in [1.165, 1.54) is 49.1 Å². The van der Waals surface area contributed by atoms with Gasteiger partial charge in [-0.15, -0.1) is 0 Å². The van der Waals surface area contributed by atoms with Crippen molar-refractivity contribution >= 4 is 55.9 Å². The third-order valence-corrected chi connectivity index (χ3v) is 10.3. The molecule has 0 saturated heterocycles. The Hall–Kier alpha value is -7.84. The van der Waals surface area contributed by atoms with E-state index in [1.54, 1.807) is 12.1 Å². The fourth-order valence-corrected chi connectivity index (χ4v) is 7.00. The summed E-state index contributed by atoms with van der Waals surface area (Å²) in [4.78, 5) is 40.5. The minimum atomic E-state index is -1.44. The third kappa shape index (κ3) is 10.4. The Morgan fingerprint density at radius 3 is 1.41 bits per heavy atom. The van der Waals surface area contributed by atoms with Crippen LogP contribution in [0.3, 0.4) is 0 Å². The molecule has 8 heterocycles. The highest BCUT2D eigenvalue weighted by atomic mass is 19.1. The zero-order valence-electron chi connectivity index (χ0n) is 35.1. The molecule has 0 bridgehead atoms. The maximum absolute atomic E-state index is 14.8. The van der Waals surface area contributed by atoms with E-state index in [4.69, 9.17) is 8.83 Å². The molecule has 0 saturated carbocycles. The van der Waals surface area contributed by atoms with Crippen molar-refractivity contribution in [3.05, 3.63) is 156 Å². The normalized spacial score (nSPS) is 12.4. The summed E-state index contributed by atoms with van der Waals surface area (Å²) in [7, 11) is 0. The van der Waals surface area contributed by atoms with Crippen LogP contribution < -0.4 is 21.3 Å². The Morgan fingerprint density at radius 1 is 0.515 bits per heavy atom. The topological polar surface area (TPSA) is 209 Å². The van der Waals surface area contributed by atoms with E-state index in [1.807, 2.05) is 48.5 Å². The summed E-state index contributed by atoms with van der Waals surface area (Å²) < 4.78 is 68.3. The van der Waals surface area contributed by atoms with Crippen LogP contribution in [0.4, 0.5) is 29.2 Å². The van der Waals surface area contributed by atoms with Gasteiger partial charge in [0, 0.05) is 75.9 Å². The first-order valence-electron chi connectivity index (χ1n) is 21.1. The first-order chi connectivity index (χ1) is 32.3. The number of para-hydroxylation sites is 4. The molecule has 6 N–H and O–H groups in total. The van der Waals surface area contributed by atoms with Crippen LogP contribution in [0.5, 0.6) is 0 Å². The predicted octanol–water partition coefficient (Wildman–Crippen LogP) is 8.18. The molecule has 16 nitrogen and oxygen atoms in total. The molecule has 2 atom stereocenters. The SMILES string of the molecule is Fc1cccnc1CNc1nccc2oc([C@@H](F)CNCCc3nc4ccccc4[nH]3)nc12.Fc1cccnc1CNc1nccc2oc([C@H](F)CNCCc3nc4ccccc4[nH]3)nc12. The van der Waals surface area contributed by atoms with Crippen LogP contribution in [-0.4, -0.2) is 76.0 Å². The molecule has 66 heavy (non-hydrogen) atoms. The summed E-state index contributed by atoms with van der Waals surface area (Å²) in [5.74, 6) is 1.50. The molecule has 0 radical (unpaired) electrons. The number of aromatic amines is 2. The first kappa shape index (κ1) is 43.4. The number of benzene rings is 2. The van der Waals surface area contributed by atoms with Crippen LogP contribution in [0, 0.1) is 11.6 Å². The van der Waals surface area contributed by atoms with E-state index < -0.39 is 24.0 Å². The zero-order valence-corrected chi connectivity index (χ0v) is 35.1. The molecule has 8 aromatic heterocycles. The van der Waals surface area contributed by atoms with Gasteiger partial charge in [0.05, 0.1) is 46.5 Å². The van der Waals surface area contributed by atoms with Crippen molar-refractivity contribution in [3.8, 4) is 0 Å². The number of anilines is 2. The third-order valence-electron chi connectivity index (χ3n) is 10.3. The van der Waals surface area contributed by atoms with Crippen LogP contribution >= 0.6 is 0 Å². The van der Waals surface area contributed by atoms with Gasteiger partial charge < -0.3 is 40.1 Å². The lowest BCUT2D eigenvalue weighted by molar-refractivity contribution is 0.273. The van der Waals surface area contributed by atoms with E-state index >= 15 is 0 Å². The number of halogens is 4. The number of nitrogens with zero attached hydrogens (tertiary/aromatic N) is 8. The number of oxazole rings is 2. The molecular formula is C46H42F4N14O2. The van der Waals surface area contributed by atoms with Gasteiger partial charge in [0.15, 0.2) is 46.2 Å². The summed E-state index contributed by atoms with van der Waals surface area (Å²) in [6, 6.07) is 24.5. The maximum atomic E-state index is 14.8. The number of alkyl halides is 2. The van der Waals surface area contributed by atoms with Crippen molar-refractivity contribution in [3.63, 3.8) is 0 Å². The van der Waals surface area contributed by atoms with Gasteiger partial charge in [0.1, 0.15) is 23.3 Å². The molecule has 0 spiro atoms. The molecule has 0 amide bonds. The van der Waals surface area contributed by atoms with Gasteiger partial charge in [-0.3, -0.25) is 9.97 Å². The highest BCUT2D eigenvalue weighted by molar-refractivity contribution is 5.85. The molecule has 10 aromatic rings. The molecule has 2 aromatic carbocycles. The molecule has 336 valence electrons. The van der Waals surface area contributed by atoms with E-state index in [9.17, 15) is 17.6 Å². The van der Waals surface area contributed by atoms with Crippen molar-refractivity contribution < 1.29 is 26.4 Å². The van der Waals surface area contributed by atoms with E-state index in [-0.39, 0.29) is 49.3 Å². The standard InChI is InChI=1S/2C23H21F2N7O/c2*24-14-4-3-9-27-18(14)13-29-22-21-19(7-11-28-22)33-23(32-21)15(25)12-26-10-8-20-30-16-5-1-2-6-17(16)31-20/h2*1-7,9,11,15,26H,8,10,12-13H2,(H,28,29)(H,30,31)/t2*15-/m10/s1. The first-order valence-corrected chi connectivity index (χ1v) is 21.1. The number of aromatic nitrogens is 10. The largest absolute Gasteiger partial charge is 0.437 e. The van der Waals surface area contributed by atoms with Gasteiger partial charge >= 0.3 is 0 Å². The van der Waals surface area contributed by atoms with Crippen molar-refractivity contribution in [2.75, 3.05) is 36.8 Å². The molecular weight excluding hydrogens is 857 g/mol. The number of H-pyrrole nitrogens is 2. The van der Waals surface area contributed by atoms with Gasteiger partial charge in [0.2, 0.25) is 11.8 Å². The van der Waals surface area contributed by atoms with E-state index in [2.05, 4.69) is 71.1 Å². The van der Waals surface area contributed by atoms with Crippen molar-refractivity contribution in [2.45, 2.75) is 38.3 Å². The van der Waals surface area contributed by atoms with Crippen LogP contribution in [0.25, 0.3) is 44.3 Å². The van der Waals surface area contributed by atoms with Crippen molar-refractivity contribution in [1.82, 2.24) is 60.5 Å². The average molecular weight is 899 g/mol. The van der Waals surface area contributed by atoms with E-state index in [0.717, 1.165) is 33.7 Å². The Morgan fingerprint density at radius 2 is 0.970 bits per heavy atom. The van der Waals surface area contributed by atoms with Crippen molar-refractivity contribution in [1.29, 1.82) is 0 Å². The van der Waals surface area contributed by atoms with E-state index in [0.29, 0.717) is 59.8 Å². The molecule has 0 fully saturated rings. The van der Waals surface area contributed by atoms with Crippen LogP contribution in [0.15, 0.2) is 119 Å². The zero-order chi connectivity index (χ0) is 45.2. The Balaban J connectivity index is 0.000000166. The summed E-state index contributed by atoms with van der Waals surface area (Å²) in [5.41, 5.74) is 5.83. The van der Waals surface area contributed by atoms with Gasteiger partial charge in [-0.25, -0.2) is 47.5 Å². The highest BCUT2D eigenvalue weighted by Crippen LogP contribution is 2.28. The summed E-state index contributed by atoms with van der Waals surface area (Å²) >= 11 is 0. The Bertz CT molecular complexity index is 2910. The monoisotopic (exact) mass is 898 g/mol. The average Bonchev–Trinajstić information content (AvgIpc) is 4.16. The second-order valence-electron chi connectivity index (χ2n) is 14.9. The fourth-order valence-electron chi connectivity index (χ4n) is 7.00. The number of nitrogens with one attached hydrogen (secondary N) is 6. The summed E-state index contributed by atoms with van der Waals surface area (Å²) in [6.07, 6.45) is 4.46. The minimum Gasteiger partial charge on any atom is -0.437 e. The lowest BCUT2D eigenvalue weighted by Gasteiger charge is -2.06. The number of hydrogen-bond donors (Lipinski definition) is 6.